The summed E-state index contributed by atoms with van der Waals surface area (Å²) in [5.41, 5.74) is 1.30. The molecule has 24 heavy (non-hydrogen) atoms. The topological polar surface area (TPSA) is 57.7 Å². The number of aliphatic hydroxyl groups excluding tert-OH is 1. The average Bonchev–Trinajstić information content (AvgIpc) is 3.16. The van der Waals surface area contributed by atoms with Crippen LogP contribution in [0, 0.1) is 5.92 Å². The molecule has 0 spiro atoms. The summed E-state index contributed by atoms with van der Waals surface area (Å²) in [6, 6.07) is 4.21. The number of aromatic nitrogens is 2. The maximum Gasteiger partial charge on any atom is 0.129 e. The molecule has 0 aliphatic carbocycles. The molecule has 0 unspecified atom stereocenters. The molecule has 132 valence electrons. The summed E-state index contributed by atoms with van der Waals surface area (Å²) >= 11 is 0. The predicted molar refractivity (Wildman–Crippen MR) is 92.3 cm³/mol. The zero-order valence-electron chi connectivity index (χ0n) is 14.9. The Labute approximate surface area is 143 Å². The van der Waals surface area contributed by atoms with Crippen LogP contribution in [0.1, 0.15) is 36.0 Å². The van der Waals surface area contributed by atoms with Crippen LogP contribution in [0.15, 0.2) is 28.9 Å². The van der Waals surface area contributed by atoms with Gasteiger partial charge in [-0.1, -0.05) is 0 Å². The maximum absolute atomic E-state index is 9.12. The Balaban J connectivity index is 1.66. The SMILES string of the molecule is CN(Cc1ccc(CO)o1)C[C@@H]1CCCN(C)[C@H]1c1cnn(C)c1. The molecular formula is C18H28N4O2. The van der Waals surface area contributed by atoms with Crippen LogP contribution in [0.25, 0.3) is 0 Å². The smallest absolute Gasteiger partial charge is 0.129 e. The Morgan fingerprint density at radius 3 is 2.79 bits per heavy atom. The number of piperidine rings is 1. The van der Waals surface area contributed by atoms with E-state index >= 15 is 0 Å². The van der Waals surface area contributed by atoms with Crippen molar-refractivity contribution in [2.75, 3.05) is 27.2 Å². The van der Waals surface area contributed by atoms with Crippen molar-refractivity contribution in [3.8, 4) is 0 Å². The van der Waals surface area contributed by atoms with Crippen molar-refractivity contribution in [1.82, 2.24) is 19.6 Å². The number of aliphatic hydroxyl groups is 1. The van der Waals surface area contributed by atoms with Gasteiger partial charge in [-0.25, -0.2) is 0 Å². The van der Waals surface area contributed by atoms with E-state index in [9.17, 15) is 0 Å². The molecule has 2 aromatic heterocycles. The number of nitrogens with zero attached hydrogens (tertiary/aromatic N) is 4. The quantitative estimate of drug-likeness (QED) is 0.877. The van der Waals surface area contributed by atoms with Gasteiger partial charge in [0.05, 0.1) is 12.7 Å². The van der Waals surface area contributed by atoms with E-state index < -0.39 is 0 Å². The first-order valence-corrected chi connectivity index (χ1v) is 8.62. The van der Waals surface area contributed by atoms with Gasteiger partial charge in [0, 0.05) is 31.4 Å². The van der Waals surface area contributed by atoms with Crippen LogP contribution in [0.4, 0.5) is 0 Å². The third-order valence-corrected chi connectivity index (χ3v) is 4.92. The van der Waals surface area contributed by atoms with Gasteiger partial charge in [-0.05, 0) is 51.5 Å². The third-order valence-electron chi connectivity index (χ3n) is 4.92. The molecule has 0 radical (unpaired) electrons. The second kappa shape index (κ2) is 7.51. The molecule has 2 aromatic rings. The highest BCUT2D eigenvalue weighted by Crippen LogP contribution is 2.35. The van der Waals surface area contributed by atoms with Gasteiger partial charge in [0.1, 0.15) is 18.1 Å². The molecule has 2 atom stereocenters. The van der Waals surface area contributed by atoms with Crippen LogP contribution < -0.4 is 0 Å². The number of hydrogen-bond donors (Lipinski definition) is 1. The minimum atomic E-state index is -0.0415. The van der Waals surface area contributed by atoms with Crippen molar-refractivity contribution in [3.63, 3.8) is 0 Å². The molecule has 1 aliphatic rings. The van der Waals surface area contributed by atoms with Crippen LogP contribution in [-0.2, 0) is 20.2 Å². The zero-order valence-corrected chi connectivity index (χ0v) is 14.9. The molecule has 3 rings (SSSR count). The van der Waals surface area contributed by atoms with E-state index in [1.807, 2.05) is 30.1 Å². The molecular weight excluding hydrogens is 304 g/mol. The summed E-state index contributed by atoms with van der Waals surface area (Å²) in [6.45, 7) is 2.87. The van der Waals surface area contributed by atoms with Crippen molar-refractivity contribution < 1.29 is 9.52 Å². The van der Waals surface area contributed by atoms with Crippen LogP contribution in [0.5, 0.6) is 0 Å². The molecule has 1 saturated heterocycles. The summed E-state index contributed by atoms with van der Waals surface area (Å²) < 4.78 is 7.50. The minimum Gasteiger partial charge on any atom is -0.462 e. The Morgan fingerprint density at radius 2 is 2.12 bits per heavy atom. The molecule has 1 aliphatic heterocycles. The second-order valence-corrected chi connectivity index (χ2v) is 7.00. The lowest BCUT2D eigenvalue weighted by molar-refractivity contribution is 0.0903. The number of rotatable bonds is 6. The number of aryl methyl sites for hydroxylation is 1. The van der Waals surface area contributed by atoms with Gasteiger partial charge in [-0.3, -0.25) is 14.5 Å². The highest BCUT2D eigenvalue weighted by atomic mass is 16.4. The molecule has 1 fully saturated rings. The fraction of sp³-hybridized carbons (Fsp3) is 0.611. The Kier molecular flexibility index (Phi) is 5.38. The highest BCUT2D eigenvalue weighted by molar-refractivity contribution is 5.13. The van der Waals surface area contributed by atoms with Gasteiger partial charge >= 0.3 is 0 Å². The predicted octanol–water partition coefficient (Wildman–Crippen LogP) is 2.02. The monoisotopic (exact) mass is 332 g/mol. The van der Waals surface area contributed by atoms with Gasteiger partial charge < -0.3 is 9.52 Å². The summed E-state index contributed by atoms with van der Waals surface area (Å²) in [7, 11) is 6.32. The molecule has 3 heterocycles. The number of hydrogen-bond acceptors (Lipinski definition) is 5. The average molecular weight is 332 g/mol. The van der Waals surface area contributed by atoms with E-state index in [4.69, 9.17) is 9.52 Å². The Bertz CT molecular complexity index is 651. The first kappa shape index (κ1) is 17.2. The van der Waals surface area contributed by atoms with Crippen molar-refractivity contribution >= 4 is 0 Å². The lowest BCUT2D eigenvalue weighted by Crippen LogP contribution is -2.40. The van der Waals surface area contributed by atoms with E-state index in [1.165, 1.54) is 18.4 Å². The summed E-state index contributed by atoms with van der Waals surface area (Å²) in [6.07, 6.45) is 6.61. The van der Waals surface area contributed by atoms with E-state index in [-0.39, 0.29) is 6.61 Å². The largest absolute Gasteiger partial charge is 0.462 e. The van der Waals surface area contributed by atoms with Gasteiger partial charge in [-0.2, -0.15) is 5.10 Å². The highest BCUT2D eigenvalue weighted by Gasteiger charge is 2.32. The molecule has 0 bridgehead atoms. The molecule has 0 saturated carbocycles. The van der Waals surface area contributed by atoms with Gasteiger partial charge in [0.15, 0.2) is 0 Å². The minimum absolute atomic E-state index is 0.0415. The lowest BCUT2D eigenvalue weighted by atomic mass is 9.86. The second-order valence-electron chi connectivity index (χ2n) is 7.00. The van der Waals surface area contributed by atoms with E-state index in [0.717, 1.165) is 25.4 Å². The van der Waals surface area contributed by atoms with Crippen LogP contribution in [0.3, 0.4) is 0 Å². The lowest BCUT2D eigenvalue weighted by Gasteiger charge is -2.40. The van der Waals surface area contributed by atoms with Crippen molar-refractivity contribution in [2.24, 2.45) is 13.0 Å². The van der Waals surface area contributed by atoms with Crippen molar-refractivity contribution in [2.45, 2.75) is 32.0 Å². The van der Waals surface area contributed by atoms with Crippen molar-refractivity contribution in [3.05, 3.63) is 41.6 Å². The first-order valence-electron chi connectivity index (χ1n) is 8.62. The molecule has 6 heteroatoms. The fourth-order valence-corrected chi connectivity index (χ4v) is 3.89. The summed E-state index contributed by atoms with van der Waals surface area (Å²) in [4.78, 5) is 4.77. The molecule has 1 N–H and O–H groups in total. The normalized spacial score (nSPS) is 22.4. The van der Waals surface area contributed by atoms with Gasteiger partial charge in [-0.15, -0.1) is 0 Å². The number of likely N-dealkylation sites (tertiary alicyclic amines) is 1. The van der Waals surface area contributed by atoms with Crippen LogP contribution >= 0.6 is 0 Å². The van der Waals surface area contributed by atoms with E-state index in [2.05, 4.69) is 35.2 Å². The van der Waals surface area contributed by atoms with Crippen molar-refractivity contribution in [1.29, 1.82) is 0 Å². The third kappa shape index (κ3) is 3.88. The maximum atomic E-state index is 9.12. The first-order chi connectivity index (χ1) is 11.6. The Hall–Kier alpha value is -1.63. The zero-order chi connectivity index (χ0) is 17.1. The fourth-order valence-electron chi connectivity index (χ4n) is 3.89. The van der Waals surface area contributed by atoms with Gasteiger partial charge in [0.25, 0.3) is 0 Å². The molecule has 0 amide bonds. The van der Waals surface area contributed by atoms with Crippen LogP contribution in [-0.4, -0.2) is 51.9 Å². The molecule has 6 nitrogen and oxygen atoms in total. The van der Waals surface area contributed by atoms with E-state index in [0.29, 0.717) is 17.7 Å². The van der Waals surface area contributed by atoms with Crippen LogP contribution in [0.2, 0.25) is 0 Å². The van der Waals surface area contributed by atoms with Gasteiger partial charge in [0.2, 0.25) is 0 Å². The number of furan rings is 1. The summed E-state index contributed by atoms with van der Waals surface area (Å²) in [5, 5.41) is 13.5. The standard InChI is InChI=1S/C18H28N4O2/c1-20(12-16-6-7-17(13-23)24-16)10-14-5-4-8-21(2)18(14)15-9-19-22(3)11-15/h6-7,9,11,14,18,23H,4-5,8,10,12-13H2,1-3H3/t14-,18+/m0/s1. The Morgan fingerprint density at radius 1 is 1.33 bits per heavy atom. The summed E-state index contributed by atoms with van der Waals surface area (Å²) in [5.74, 6) is 2.11. The molecule has 0 aromatic carbocycles. The van der Waals surface area contributed by atoms with E-state index in [1.54, 1.807) is 0 Å².